The molecule has 1 saturated heterocycles. The van der Waals surface area contributed by atoms with Gasteiger partial charge in [-0.25, -0.2) is 8.42 Å². The number of piperazine rings is 1. The number of amides is 1. The lowest BCUT2D eigenvalue weighted by Crippen LogP contribution is -2.54. The summed E-state index contributed by atoms with van der Waals surface area (Å²) in [6.07, 6.45) is -3.87. The summed E-state index contributed by atoms with van der Waals surface area (Å²) in [5.41, 5.74) is 0.119. The fraction of sp³-hybridized carbons (Fsp3) is 0.435. The van der Waals surface area contributed by atoms with Gasteiger partial charge in [0.1, 0.15) is 6.04 Å². The van der Waals surface area contributed by atoms with Crippen LogP contribution in [0.1, 0.15) is 30.9 Å². The van der Waals surface area contributed by atoms with Crippen molar-refractivity contribution in [3.05, 3.63) is 65.7 Å². The summed E-state index contributed by atoms with van der Waals surface area (Å²) in [5.74, 6) is -0.355. The molecule has 1 aliphatic heterocycles. The number of benzene rings is 2. The van der Waals surface area contributed by atoms with Crippen molar-refractivity contribution in [3.63, 3.8) is 0 Å². The number of hydrogen-bond donors (Lipinski definition) is 1. The summed E-state index contributed by atoms with van der Waals surface area (Å²) in [6, 6.07) is 12.5. The zero-order valence-electron chi connectivity index (χ0n) is 18.4. The Bertz CT molecular complexity index is 1040. The first-order chi connectivity index (χ1) is 15.6. The van der Waals surface area contributed by atoms with Gasteiger partial charge in [0.15, 0.2) is 0 Å². The Kier molecular flexibility index (Phi) is 8.14. The average Bonchev–Trinajstić information content (AvgIpc) is 2.79. The molecule has 2 aromatic rings. The number of sulfonamides is 1. The zero-order chi connectivity index (χ0) is 24.1. The van der Waals surface area contributed by atoms with Crippen molar-refractivity contribution >= 4 is 15.9 Å². The molecule has 10 heteroatoms. The van der Waals surface area contributed by atoms with Gasteiger partial charge in [-0.2, -0.15) is 17.9 Å². The van der Waals surface area contributed by atoms with Crippen molar-refractivity contribution in [2.75, 3.05) is 26.2 Å². The van der Waals surface area contributed by atoms with Crippen LogP contribution in [0.2, 0.25) is 0 Å². The van der Waals surface area contributed by atoms with Gasteiger partial charge in [0.05, 0.1) is 10.5 Å². The van der Waals surface area contributed by atoms with E-state index in [0.29, 0.717) is 38.7 Å². The number of rotatable bonds is 8. The lowest BCUT2D eigenvalue weighted by Gasteiger charge is -2.36. The number of nitrogens with one attached hydrogen (secondary N) is 1. The minimum absolute atomic E-state index is 0.251. The number of carbonyl (C=O) groups excluding carboxylic acids is 1. The molecule has 1 fully saturated rings. The van der Waals surface area contributed by atoms with Gasteiger partial charge in [-0.05, 0) is 30.2 Å². The van der Waals surface area contributed by atoms with E-state index in [0.717, 1.165) is 24.7 Å². The molecule has 180 valence electrons. The highest BCUT2D eigenvalue weighted by Gasteiger charge is 2.34. The van der Waals surface area contributed by atoms with Crippen molar-refractivity contribution in [1.29, 1.82) is 0 Å². The fourth-order valence-electron chi connectivity index (χ4n) is 3.80. The van der Waals surface area contributed by atoms with E-state index >= 15 is 0 Å². The smallest absolute Gasteiger partial charge is 0.339 e. The number of alkyl halides is 3. The molecular weight excluding hydrogens is 455 g/mol. The molecule has 1 unspecified atom stereocenters. The highest BCUT2D eigenvalue weighted by atomic mass is 32.2. The lowest BCUT2D eigenvalue weighted by molar-refractivity contribution is -0.138. The first kappa shape index (κ1) is 25.2. The molecule has 0 aliphatic carbocycles. The van der Waals surface area contributed by atoms with Gasteiger partial charge in [0.2, 0.25) is 15.9 Å². The van der Waals surface area contributed by atoms with Gasteiger partial charge in [-0.15, -0.1) is 0 Å². The minimum Gasteiger partial charge on any atom is -0.339 e. The van der Waals surface area contributed by atoms with Gasteiger partial charge in [-0.3, -0.25) is 9.69 Å². The molecule has 2 aromatic carbocycles. The second kappa shape index (κ2) is 10.7. The van der Waals surface area contributed by atoms with Crippen LogP contribution in [0.25, 0.3) is 0 Å². The SMILES string of the molecule is CCCC(NS(=O)(=O)c1cccc(C(F)(F)F)c1)C(=O)N1CCN(Cc2ccccc2)CC1. The van der Waals surface area contributed by atoms with Gasteiger partial charge < -0.3 is 4.90 Å². The summed E-state index contributed by atoms with van der Waals surface area (Å²) in [7, 11) is -4.31. The van der Waals surface area contributed by atoms with Crippen LogP contribution in [0.15, 0.2) is 59.5 Å². The fourth-order valence-corrected chi connectivity index (χ4v) is 5.07. The van der Waals surface area contributed by atoms with Crippen molar-refractivity contribution in [3.8, 4) is 0 Å². The normalized spacial score (nSPS) is 16.5. The van der Waals surface area contributed by atoms with Crippen molar-refractivity contribution in [1.82, 2.24) is 14.5 Å². The minimum atomic E-state index is -4.66. The van der Waals surface area contributed by atoms with E-state index in [9.17, 15) is 26.4 Å². The molecule has 1 amide bonds. The molecule has 1 N–H and O–H groups in total. The quantitative estimate of drug-likeness (QED) is 0.624. The Morgan fingerprint density at radius 1 is 1.03 bits per heavy atom. The van der Waals surface area contributed by atoms with Crippen molar-refractivity contribution < 1.29 is 26.4 Å². The number of hydrogen-bond acceptors (Lipinski definition) is 4. The molecule has 0 saturated carbocycles. The molecule has 0 radical (unpaired) electrons. The lowest BCUT2D eigenvalue weighted by atomic mass is 10.1. The number of carbonyl (C=O) groups is 1. The summed E-state index contributed by atoms with van der Waals surface area (Å²) in [6.45, 7) is 4.80. The third kappa shape index (κ3) is 6.78. The third-order valence-electron chi connectivity index (χ3n) is 5.58. The summed E-state index contributed by atoms with van der Waals surface area (Å²) >= 11 is 0. The predicted octanol–water partition coefficient (Wildman–Crippen LogP) is 3.50. The van der Waals surface area contributed by atoms with Crippen LogP contribution >= 0.6 is 0 Å². The van der Waals surface area contributed by atoms with Crippen LogP contribution in [-0.4, -0.2) is 56.3 Å². The standard InChI is InChI=1S/C23H28F3N3O3S/c1-2-7-21(27-33(31,32)20-11-6-10-19(16-20)23(24,25)26)22(30)29-14-12-28(13-15-29)17-18-8-4-3-5-9-18/h3-6,8-11,16,21,27H,2,7,12-15,17H2,1H3. The topological polar surface area (TPSA) is 69.7 Å². The van der Waals surface area contributed by atoms with E-state index in [-0.39, 0.29) is 12.3 Å². The maximum Gasteiger partial charge on any atom is 0.416 e. The van der Waals surface area contributed by atoms with Gasteiger partial charge >= 0.3 is 6.18 Å². The highest BCUT2D eigenvalue weighted by Crippen LogP contribution is 2.30. The Labute approximate surface area is 192 Å². The Balaban J connectivity index is 1.65. The highest BCUT2D eigenvalue weighted by molar-refractivity contribution is 7.89. The Morgan fingerprint density at radius 3 is 2.30 bits per heavy atom. The largest absolute Gasteiger partial charge is 0.416 e. The summed E-state index contributed by atoms with van der Waals surface area (Å²) < 4.78 is 66.9. The second-order valence-corrected chi connectivity index (χ2v) is 9.79. The van der Waals surface area contributed by atoms with Crippen LogP contribution in [0.4, 0.5) is 13.2 Å². The number of nitrogens with zero attached hydrogens (tertiary/aromatic N) is 2. The molecule has 3 rings (SSSR count). The Hall–Kier alpha value is -2.43. The molecule has 1 aliphatic rings. The first-order valence-electron chi connectivity index (χ1n) is 10.8. The molecule has 1 atom stereocenters. The second-order valence-electron chi connectivity index (χ2n) is 8.08. The molecule has 0 aromatic heterocycles. The molecule has 1 heterocycles. The van der Waals surface area contributed by atoms with E-state index in [2.05, 4.69) is 9.62 Å². The molecule has 0 bridgehead atoms. The van der Waals surface area contributed by atoms with Gasteiger partial charge in [0, 0.05) is 32.7 Å². The molecular formula is C23H28F3N3O3S. The Morgan fingerprint density at radius 2 is 1.70 bits per heavy atom. The predicted molar refractivity (Wildman–Crippen MR) is 119 cm³/mol. The van der Waals surface area contributed by atoms with Crippen LogP contribution in [-0.2, 0) is 27.5 Å². The monoisotopic (exact) mass is 483 g/mol. The molecule has 33 heavy (non-hydrogen) atoms. The first-order valence-corrected chi connectivity index (χ1v) is 12.3. The molecule has 0 spiro atoms. The van der Waals surface area contributed by atoms with Gasteiger partial charge in [-0.1, -0.05) is 49.7 Å². The van der Waals surface area contributed by atoms with Crippen LogP contribution in [0, 0.1) is 0 Å². The van der Waals surface area contributed by atoms with Crippen LogP contribution in [0.3, 0.4) is 0 Å². The van der Waals surface area contributed by atoms with Crippen LogP contribution < -0.4 is 4.72 Å². The maximum absolute atomic E-state index is 13.1. The summed E-state index contributed by atoms with van der Waals surface area (Å²) in [5, 5.41) is 0. The van der Waals surface area contributed by atoms with E-state index in [1.54, 1.807) is 4.90 Å². The average molecular weight is 484 g/mol. The van der Waals surface area contributed by atoms with Crippen LogP contribution in [0.5, 0.6) is 0 Å². The third-order valence-corrected chi connectivity index (χ3v) is 7.05. The van der Waals surface area contributed by atoms with Crippen molar-refractivity contribution in [2.45, 2.75) is 43.4 Å². The summed E-state index contributed by atoms with van der Waals surface area (Å²) in [4.78, 5) is 16.4. The van der Waals surface area contributed by atoms with E-state index in [1.165, 1.54) is 5.56 Å². The molecule has 6 nitrogen and oxygen atoms in total. The van der Waals surface area contributed by atoms with E-state index in [1.807, 2.05) is 37.3 Å². The van der Waals surface area contributed by atoms with E-state index in [4.69, 9.17) is 0 Å². The number of halogens is 3. The zero-order valence-corrected chi connectivity index (χ0v) is 19.2. The van der Waals surface area contributed by atoms with Crippen molar-refractivity contribution in [2.24, 2.45) is 0 Å². The van der Waals surface area contributed by atoms with E-state index < -0.39 is 32.7 Å². The van der Waals surface area contributed by atoms with Gasteiger partial charge in [0.25, 0.3) is 0 Å². The maximum atomic E-state index is 13.1.